The highest BCUT2D eigenvalue weighted by atomic mass is 16.2. The molecule has 8 nitrogen and oxygen atoms in total. The number of hydrogen-bond acceptors (Lipinski definition) is 4. The number of nitrogens with one attached hydrogen (secondary N) is 3. The minimum absolute atomic E-state index is 0.0967. The van der Waals surface area contributed by atoms with Gasteiger partial charge in [-0.3, -0.25) is 9.59 Å². The van der Waals surface area contributed by atoms with Gasteiger partial charge in [0.15, 0.2) is 0 Å². The van der Waals surface area contributed by atoms with E-state index in [4.69, 9.17) is 0 Å². The Morgan fingerprint density at radius 3 is 2.24 bits per heavy atom. The average molecular weight is 389 g/mol. The molecule has 0 aliphatic carbocycles. The van der Waals surface area contributed by atoms with E-state index >= 15 is 0 Å². The van der Waals surface area contributed by atoms with Crippen LogP contribution in [0.25, 0.3) is 5.69 Å². The number of anilines is 2. The monoisotopic (exact) mass is 389 g/mol. The molecule has 1 aromatic heterocycles. The zero-order valence-corrected chi connectivity index (χ0v) is 15.5. The number of urea groups is 1. The highest BCUT2D eigenvalue weighted by Gasteiger charge is 2.11. The highest BCUT2D eigenvalue weighted by Crippen LogP contribution is 2.14. The number of para-hydroxylation sites is 1. The lowest BCUT2D eigenvalue weighted by Gasteiger charge is -2.09. The van der Waals surface area contributed by atoms with Gasteiger partial charge in [-0.1, -0.05) is 24.3 Å². The van der Waals surface area contributed by atoms with Crippen molar-refractivity contribution in [1.82, 2.24) is 15.1 Å². The van der Waals surface area contributed by atoms with E-state index in [2.05, 4.69) is 27.6 Å². The molecular formula is C21H19N5O3. The lowest BCUT2D eigenvalue weighted by Crippen LogP contribution is -2.28. The van der Waals surface area contributed by atoms with Gasteiger partial charge < -0.3 is 16.0 Å². The van der Waals surface area contributed by atoms with Crippen molar-refractivity contribution < 1.29 is 9.59 Å². The maximum atomic E-state index is 12.5. The van der Waals surface area contributed by atoms with Gasteiger partial charge in [-0.15, -0.1) is 6.58 Å². The summed E-state index contributed by atoms with van der Waals surface area (Å²) in [5.41, 5.74) is 1.42. The predicted octanol–water partition coefficient (Wildman–Crippen LogP) is 2.79. The first-order valence-corrected chi connectivity index (χ1v) is 8.80. The van der Waals surface area contributed by atoms with E-state index in [1.807, 2.05) is 6.07 Å². The molecule has 2 aromatic carbocycles. The minimum Gasteiger partial charge on any atom is -0.334 e. The molecule has 8 heteroatoms. The maximum absolute atomic E-state index is 12.5. The van der Waals surface area contributed by atoms with E-state index < -0.39 is 5.91 Å². The van der Waals surface area contributed by atoms with Crippen LogP contribution in [-0.4, -0.2) is 28.3 Å². The molecule has 0 saturated heterocycles. The van der Waals surface area contributed by atoms with E-state index in [0.29, 0.717) is 23.6 Å². The normalized spacial score (nSPS) is 10.1. The molecular weight excluding hydrogens is 370 g/mol. The second-order valence-electron chi connectivity index (χ2n) is 5.96. The van der Waals surface area contributed by atoms with Crippen molar-refractivity contribution in [3.8, 4) is 5.69 Å². The number of nitrogens with zero attached hydrogens (tertiary/aromatic N) is 2. The fourth-order valence-electron chi connectivity index (χ4n) is 2.46. The Morgan fingerprint density at radius 1 is 0.931 bits per heavy atom. The molecule has 0 fully saturated rings. The van der Waals surface area contributed by atoms with Crippen LogP contribution >= 0.6 is 0 Å². The van der Waals surface area contributed by atoms with Crippen LogP contribution in [-0.2, 0) is 0 Å². The number of amides is 3. The number of aromatic nitrogens is 2. The summed E-state index contributed by atoms with van der Waals surface area (Å²) in [6, 6.07) is 17.8. The van der Waals surface area contributed by atoms with Crippen LogP contribution in [0.3, 0.4) is 0 Å². The summed E-state index contributed by atoms with van der Waals surface area (Å²) >= 11 is 0. The van der Waals surface area contributed by atoms with Crippen molar-refractivity contribution in [3.05, 3.63) is 95.4 Å². The second kappa shape index (κ2) is 9.14. The summed E-state index contributed by atoms with van der Waals surface area (Å²) in [4.78, 5) is 36.2. The van der Waals surface area contributed by atoms with Crippen molar-refractivity contribution in [1.29, 1.82) is 0 Å². The lowest BCUT2D eigenvalue weighted by atomic mass is 10.2. The summed E-state index contributed by atoms with van der Waals surface area (Å²) in [7, 11) is 0. The van der Waals surface area contributed by atoms with E-state index in [-0.39, 0.29) is 17.3 Å². The molecule has 0 spiro atoms. The van der Waals surface area contributed by atoms with Crippen molar-refractivity contribution >= 4 is 23.3 Å². The molecule has 0 radical (unpaired) electrons. The van der Waals surface area contributed by atoms with E-state index in [1.165, 1.54) is 16.8 Å². The maximum Gasteiger partial charge on any atom is 0.319 e. The largest absolute Gasteiger partial charge is 0.334 e. The smallest absolute Gasteiger partial charge is 0.319 e. The Kier molecular flexibility index (Phi) is 6.16. The zero-order valence-electron chi connectivity index (χ0n) is 15.5. The third kappa shape index (κ3) is 5.16. The molecule has 1 heterocycles. The van der Waals surface area contributed by atoms with Crippen molar-refractivity contribution in [2.75, 3.05) is 17.2 Å². The Balaban J connectivity index is 1.70. The Bertz CT molecular complexity index is 1080. The van der Waals surface area contributed by atoms with Gasteiger partial charge in [0.05, 0.1) is 5.69 Å². The van der Waals surface area contributed by atoms with Crippen LogP contribution in [0.2, 0.25) is 0 Å². The summed E-state index contributed by atoms with van der Waals surface area (Å²) < 4.78 is 1.17. The van der Waals surface area contributed by atoms with Crippen molar-refractivity contribution in [3.63, 3.8) is 0 Å². The number of rotatable bonds is 6. The van der Waals surface area contributed by atoms with Gasteiger partial charge in [0, 0.05) is 24.0 Å². The standard InChI is InChI=1S/C21H19N5O3/c1-2-14-22-21(29)24-16-10-8-15(9-11-16)23-20(28)18-12-13-19(27)26(25-18)17-6-4-3-5-7-17/h2-13H,1,14H2,(H,23,28)(H2,22,24,29). The van der Waals surface area contributed by atoms with Crippen LogP contribution in [0.1, 0.15) is 10.5 Å². The quantitative estimate of drug-likeness (QED) is 0.564. The molecule has 0 saturated carbocycles. The molecule has 0 atom stereocenters. The van der Waals surface area contributed by atoms with Crippen LogP contribution in [0.5, 0.6) is 0 Å². The van der Waals surface area contributed by atoms with Crippen LogP contribution in [0, 0.1) is 0 Å². The molecule has 3 amide bonds. The average Bonchev–Trinajstić information content (AvgIpc) is 2.74. The molecule has 0 bridgehead atoms. The number of carbonyl (C=O) groups excluding carboxylic acids is 2. The number of hydrogen-bond donors (Lipinski definition) is 3. The Morgan fingerprint density at radius 2 is 1.59 bits per heavy atom. The van der Waals surface area contributed by atoms with Gasteiger partial charge in [0.2, 0.25) is 0 Å². The molecule has 3 N–H and O–H groups in total. The predicted molar refractivity (Wildman–Crippen MR) is 111 cm³/mol. The van der Waals surface area contributed by atoms with Crippen LogP contribution in [0.4, 0.5) is 16.2 Å². The van der Waals surface area contributed by atoms with Gasteiger partial charge in [0.1, 0.15) is 5.69 Å². The molecule has 0 aliphatic heterocycles. The summed E-state index contributed by atoms with van der Waals surface area (Å²) in [5.74, 6) is -0.459. The van der Waals surface area contributed by atoms with Gasteiger partial charge in [-0.25, -0.2) is 4.79 Å². The molecule has 3 rings (SSSR count). The summed E-state index contributed by atoms with van der Waals surface area (Å²) in [6.45, 7) is 3.88. The first-order chi connectivity index (χ1) is 14.1. The summed E-state index contributed by atoms with van der Waals surface area (Å²) in [6.07, 6.45) is 1.58. The first-order valence-electron chi connectivity index (χ1n) is 8.80. The van der Waals surface area contributed by atoms with Gasteiger partial charge in [-0.2, -0.15) is 9.78 Å². The third-order valence-electron chi connectivity index (χ3n) is 3.84. The SMILES string of the molecule is C=CCNC(=O)Nc1ccc(NC(=O)c2ccc(=O)n(-c3ccccc3)n2)cc1. The molecule has 0 unspecified atom stereocenters. The minimum atomic E-state index is -0.459. The topological polar surface area (TPSA) is 105 Å². The van der Waals surface area contributed by atoms with Crippen molar-refractivity contribution in [2.45, 2.75) is 0 Å². The van der Waals surface area contributed by atoms with Crippen LogP contribution < -0.4 is 21.5 Å². The summed E-state index contributed by atoms with van der Waals surface area (Å²) in [5, 5.41) is 12.1. The van der Waals surface area contributed by atoms with E-state index in [0.717, 1.165) is 0 Å². The fraction of sp³-hybridized carbons (Fsp3) is 0.0476. The highest BCUT2D eigenvalue weighted by molar-refractivity contribution is 6.02. The lowest BCUT2D eigenvalue weighted by molar-refractivity contribution is 0.102. The van der Waals surface area contributed by atoms with Crippen LogP contribution in [0.15, 0.2) is 84.2 Å². The van der Waals surface area contributed by atoms with Crippen molar-refractivity contribution in [2.24, 2.45) is 0 Å². The van der Waals surface area contributed by atoms with Gasteiger partial charge >= 0.3 is 6.03 Å². The Labute approximate surface area is 166 Å². The van der Waals surface area contributed by atoms with E-state index in [1.54, 1.807) is 54.6 Å². The number of carbonyl (C=O) groups is 2. The molecule has 146 valence electrons. The third-order valence-corrected chi connectivity index (χ3v) is 3.84. The second-order valence-corrected chi connectivity index (χ2v) is 5.96. The molecule has 29 heavy (non-hydrogen) atoms. The zero-order chi connectivity index (χ0) is 20.6. The van der Waals surface area contributed by atoms with E-state index in [9.17, 15) is 14.4 Å². The number of benzene rings is 2. The first kappa shape index (κ1) is 19.6. The van der Waals surface area contributed by atoms with Gasteiger partial charge in [-0.05, 0) is 42.5 Å². The molecule has 3 aromatic rings. The fourth-order valence-corrected chi connectivity index (χ4v) is 2.46. The molecule has 0 aliphatic rings. The Hall–Kier alpha value is -4.20. The van der Waals surface area contributed by atoms with Gasteiger partial charge in [0.25, 0.3) is 11.5 Å².